The Bertz CT molecular complexity index is 584. The summed E-state index contributed by atoms with van der Waals surface area (Å²) in [5.41, 5.74) is 7.98. The normalized spacial score (nSPS) is 21.8. The number of nitrogen functional groups attached to an aromatic ring is 1. The summed E-state index contributed by atoms with van der Waals surface area (Å²) >= 11 is 0. The molecule has 0 radical (unpaired) electrons. The Balaban J connectivity index is 1.58. The van der Waals surface area contributed by atoms with E-state index in [1.54, 1.807) is 0 Å². The first kappa shape index (κ1) is 21.1. The minimum atomic E-state index is 0.571. The highest BCUT2D eigenvalue weighted by Gasteiger charge is 2.16. The molecule has 5 N–H and O–H groups in total. The molecular formula is C22H38N4O2. The van der Waals surface area contributed by atoms with Crippen LogP contribution >= 0.6 is 0 Å². The molecule has 6 nitrogen and oxygen atoms in total. The Morgan fingerprint density at radius 1 is 1.04 bits per heavy atom. The second kappa shape index (κ2) is 11.4. The van der Waals surface area contributed by atoms with Gasteiger partial charge in [0.2, 0.25) is 0 Å². The molecule has 6 heteroatoms. The highest BCUT2D eigenvalue weighted by Crippen LogP contribution is 2.35. The standard InChI is InChI=1S/C22H38N4O2/c1-2-3-10-26-20-15-19(27-13-8-17-6-4-11-24-17)16-21(22(20)23)28-14-9-18-7-5-12-25-18/h15-18,24-26H,2-14,23H2,1H3. The molecule has 1 aromatic carbocycles. The lowest BCUT2D eigenvalue weighted by Crippen LogP contribution is -2.23. The zero-order valence-corrected chi connectivity index (χ0v) is 17.4. The molecule has 0 amide bonds. The highest BCUT2D eigenvalue weighted by atomic mass is 16.5. The summed E-state index contributed by atoms with van der Waals surface area (Å²) in [5, 5.41) is 10.5. The predicted octanol–water partition coefficient (Wildman–Crippen LogP) is 3.52. The second-order valence-electron chi connectivity index (χ2n) is 8.02. The lowest BCUT2D eigenvalue weighted by molar-refractivity contribution is 0.280. The summed E-state index contributed by atoms with van der Waals surface area (Å²) in [4.78, 5) is 0. The maximum atomic E-state index is 6.39. The Morgan fingerprint density at radius 3 is 2.32 bits per heavy atom. The molecule has 0 bridgehead atoms. The molecule has 0 saturated carbocycles. The minimum absolute atomic E-state index is 0.571. The van der Waals surface area contributed by atoms with E-state index in [4.69, 9.17) is 15.2 Å². The van der Waals surface area contributed by atoms with Crippen LogP contribution in [0.4, 0.5) is 11.4 Å². The van der Waals surface area contributed by atoms with Crippen molar-refractivity contribution in [2.24, 2.45) is 0 Å². The highest BCUT2D eigenvalue weighted by molar-refractivity contribution is 5.75. The minimum Gasteiger partial charge on any atom is -0.493 e. The van der Waals surface area contributed by atoms with E-state index < -0.39 is 0 Å². The summed E-state index contributed by atoms with van der Waals surface area (Å²) in [6.45, 7) is 6.73. The van der Waals surface area contributed by atoms with E-state index in [1.807, 2.05) is 12.1 Å². The van der Waals surface area contributed by atoms with Gasteiger partial charge in [0.25, 0.3) is 0 Å². The first-order valence-electron chi connectivity index (χ1n) is 11.2. The molecule has 0 aromatic heterocycles. The fourth-order valence-electron chi connectivity index (χ4n) is 3.99. The fraction of sp³-hybridized carbons (Fsp3) is 0.727. The number of nitrogens with one attached hydrogen (secondary N) is 3. The maximum absolute atomic E-state index is 6.39. The van der Waals surface area contributed by atoms with Gasteiger partial charge < -0.3 is 31.2 Å². The largest absolute Gasteiger partial charge is 0.493 e. The SMILES string of the molecule is CCCCNc1cc(OCCC2CCCN2)cc(OCCC2CCCN2)c1N. The van der Waals surface area contributed by atoms with Crippen LogP contribution in [0.1, 0.15) is 58.3 Å². The van der Waals surface area contributed by atoms with E-state index in [0.29, 0.717) is 31.0 Å². The van der Waals surface area contributed by atoms with E-state index in [9.17, 15) is 0 Å². The van der Waals surface area contributed by atoms with E-state index in [1.165, 1.54) is 25.7 Å². The Morgan fingerprint density at radius 2 is 1.71 bits per heavy atom. The van der Waals surface area contributed by atoms with Gasteiger partial charge in [-0.05, 0) is 58.0 Å². The van der Waals surface area contributed by atoms with Crippen molar-refractivity contribution in [1.29, 1.82) is 0 Å². The number of ether oxygens (including phenoxy) is 2. The predicted molar refractivity (Wildman–Crippen MR) is 117 cm³/mol. The number of hydrogen-bond acceptors (Lipinski definition) is 6. The maximum Gasteiger partial charge on any atom is 0.148 e. The molecule has 2 heterocycles. The zero-order valence-electron chi connectivity index (χ0n) is 17.4. The van der Waals surface area contributed by atoms with Crippen LogP contribution in [-0.2, 0) is 0 Å². The van der Waals surface area contributed by atoms with Crippen molar-refractivity contribution >= 4 is 11.4 Å². The van der Waals surface area contributed by atoms with Crippen LogP contribution in [-0.4, -0.2) is 44.9 Å². The van der Waals surface area contributed by atoms with Gasteiger partial charge in [0.15, 0.2) is 0 Å². The summed E-state index contributed by atoms with van der Waals surface area (Å²) in [7, 11) is 0. The lowest BCUT2D eigenvalue weighted by Gasteiger charge is -2.18. The third kappa shape index (κ3) is 6.45. The molecule has 2 saturated heterocycles. The van der Waals surface area contributed by atoms with Gasteiger partial charge in [-0.1, -0.05) is 13.3 Å². The average molecular weight is 391 g/mol. The quantitative estimate of drug-likeness (QED) is 0.323. The van der Waals surface area contributed by atoms with Crippen LogP contribution in [0.5, 0.6) is 11.5 Å². The Hall–Kier alpha value is -1.66. The third-order valence-electron chi connectivity index (χ3n) is 5.75. The smallest absolute Gasteiger partial charge is 0.148 e. The summed E-state index contributed by atoms with van der Waals surface area (Å²) in [6.07, 6.45) is 9.32. The molecule has 3 rings (SSSR count). The van der Waals surface area contributed by atoms with E-state index in [-0.39, 0.29) is 0 Å². The fourth-order valence-corrected chi connectivity index (χ4v) is 3.99. The van der Waals surface area contributed by atoms with Gasteiger partial charge in [0.05, 0.1) is 24.6 Å². The Kier molecular flexibility index (Phi) is 8.55. The van der Waals surface area contributed by atoms with Gasteiger partial charge >= 0.3 is 0 Å². The molecule has 0 aliphatic carbocycles. The van der Waals surface area contributed by atoms with Crippen LogP contribution in [0.25, 0.3) is 0 Å². The number of nitrogens with two attached hydrogens (primary N) is 1. The first-order chi connectivity index (χ1) is 13.8. The van der Waals surface area contributed by atoms with E-state index in [2.05, 4.69) is 22.9 Å². The van der Waals surface area contributed by atoms with Crippen LogP contribution in [0, 0.1) is 0 Å². The number of rotatable bonds is 12. The molecular weight excluding hydrogens is 352 g/mol. The first-order valence-corrected chi connectivity index (χ1v) is 11.2. The van der Waals surface area contributed by atoms with Crippen LogP contribution < -0.4 is 31.2 Å². The molecule has 0 spiro atoms. The molecule has 2 unspecified atom stereocenters. The van der Waals surface area contributed by atoms with Crippen molar-refractivity contribution in [3.05, 3.63) is 12.1 Å². The number of benzene rings is 1. The summed E-state index contributed by atoms with van der Waals surface area (Å²) in [5.74, 6) is 1.56. The molecule has 2 aliphatic rings. The van der Waals surface area contributed by atoms with Crippen molar-refractivity contribution in [3.8, 4) is 11.5 Å². The monoisotopic (exact) mass is 390 g/mol. The lowest BCUT2D eigenvalue weighted by atomic mass is 10.1. The van der Waals surface area contributed by atoms with Gasteiger partial charge in [0.1, 0.15) is 11.5 Å². The third-order valence-corrected chi connectivity index (χ3v) is 5.75. The van der Waals surface area contributed by atoms with Gasteiger partial charge in [-0.2, -0.15) is 0 Å². The molecule has 2 aliphatic heterocycles. The zero-order chi connectivity index (χ0) is 19.6. The van der Waals surface area contributed by atoms with Crippen molar-refractivity contribution in [3.63, 3.8) is 0 Å². The van der Waals surface area contributed by atoms with Crippen LogP contribution in [0.15, 0.2) is 12.1 Å². The molecule has 158 valence electrons. The van der Waals surface area contributed by atoms with Crippen molar-refractivity contribution in [2.45, 2.75) is 70.4 Å². The second-order valence-corrected chi connectivity index (χ2v) is 8.02. The number of hydrogen-bond donors (Lipinski definition) is 4. The number of anilines is 2. The summed E-state index contributed by atoms with van der Waals surface area (Å²) < 4.78 is 12.1. The van der Waals surface area contributed by atoms with Gasteiger partial charge in [-0.25, -0.2) is 0 Å². The molecule has 28 heavy (non-hydrogen) atoms. The van der Waals surface area contributed by atoms with Crippen molar-refractivity contribution < 1.29 is 9.47 Å². The molecule has 2 fully saturated rings. The van der Waals surface area contributed by atoms with E-state index >= 15 is 0 Å². The molecule has 1 aromatic rings. The van der Waals surface area contributed by atoms with Crippen LogP contribution in [0.2, 0.25) is 0 Å². The topological polar surface area (TPSA) is 80.6 Å². The van der Waals surface area contributed by atoms with Crippen molar-refractivity contribution in [2.75, 3.05) is 43.9 Å². The van der Waals surface area contributed by atoms with Gasteiger partial charge in [-0.3, -0.25) is 0 Å². The molecule has 2 atom stereocenters. The van der Waals surface area contributed by atoms with Crippen LogP contribution in [0.3, 0.4) is 0 Å². The van der Waals surface area contributed by atoms with Crippen molar-refractivity contribution in [1.82, 2.24) is 10.6 Å². The average Bonchev–Trinajstić information content (AvgIpc) is 3.39. The number of unbranched alkanes of at least 4 members (excludes halogenated alkanes) is 1. The Labute approximate surface area is 169 Å². The van der Waals surface area contributed by atoms with E-state index in [0.717, 1.165) is 62.5 Å². The van der Waals surface area contributed by atoms with Gasteiger partial charge in [-0.15, -0.1) is 0 Å². The van der Waals surface area contributed by atoms with Gasteiger partial charge in [0, 0.05) is 30.8 Å². The summed E-state index contributed by atoms with van der Waals surface area (Å²) in [6, 6.07) is 5.12.